The molecule has 1 aromatic rings. The minimum Gasteiger partial charge on any atom is -0.340 e. The van der Waals surface area contributed by atoms with E-state index in [4.69, 9.17) is 0 Å². The molecule has 0 bridgehead atoms. The maximum atomic E-state index is 12.9. The van der Waals surface area contributed by atoms with E-state index in [-0.39, 0.29) is 24.3 Å². The van der Waals surface area contributed by atoms with Crippen LogP contribution in [0.5, 0.6) is 0 Å². The SMILES string of the molecule is C[C@@H]1CCCC[C@@]12NC(=O)N(CC(=O)N(C)Cc1ccsc1)C2=O. The van der Waals surface area contributed by atoms with Gasteiger partial charge in [0.25, 0.3) is 5.91 Å². The standard InChI is InChI=1S/C17H23N3O3S/c1-12-5-3-4-7-17(12)15(22)20(16(23)18-17)10-14(21)19(2)9-13-6-8-24-11-13/h6,8,11-12H,3-5,7,9-10H2,1-2H3,(H,18,23)/t12-,17-/m1/s1. The summed E-state index contributed by atoms with van der Waals surface area (Å²) in [6.45, 7) is 2.29. The lowest BCUT2D eigenvalue weighted by atomic mass is 9.73. The summed E-state index contributed by atoms with van der Waals surface area (Å²) in [5.74, 6) is -0.367. The van der Waals surface area contributed by atoms with Crippen LogP contribution in [-0.2, 0) is 16.1 Å². The lowest BCUT2D eigenvalue weighted by Gasteiger charge is -2.36. The Bertz CT molecular complexity index is 646. The van der Waals surface area contributed by atoms with Crippen molar-refractivity contribution in [3.8, 4) is 0 Å². The molecule has 2 aliphatic rings. The van der Waals surface area contributed by atoms with Gasteiger partial charge in [0.05, 0.1) is 0 Å². The molecule has 0 unspecified atom stereocenters. The van der Waals surface area contributed by atoms with Gasteiger partial charge in [0.1, 0.15) is 12.1 Å². The van der Waals surface area contributed by atoms with Crippen molar-refractivity contribution in [3.05, 3.63) is 22.4 Å². The van der Waals surface area contributed by atoms with Crippen LogP contribution in [-0.4, -0.2) is 46.8 Å². The summed E-state index contributed by atoms with van der Waals surface area (Å²) >= 11 is 1.58. The second-order valence-electron chi connectivity index (χ2n) is 6.82. The third-order valence-corrected chi connectivity index (χ3v) is 5.95. The topological polar surface area (TPSA) is 69.7 Å². The van der Waals surface area contributed by atoms with Crippen molar-refractivity contribution in [2.45, 2.75) is 44.7 Å². The molecule has 2 fully saturated rings. The fourth-order valence-corrected chi connectivity index (χ4v) is 4.30. The largest absolute Gasteiger partial charge is 0.340 e. The van der Waals surface area contributed by atoms with Crippen molar-refractivity contribution in [2.75, 3.05) is 13.6 Å². The van der Waals surface area contributed by atoms with Gasteiger partial charge in [0.2, 0.25) is 5.91 Å². The van der Waals surface area contributed by atoms with Gasteiger partial charge in [-0.3, -0.25) is 14.5 Å². The highest BCUT2D eigenvalue weighted by Crippen LogP contribution is 2.38. The van der Waals surface area contributed by atoms with Crippen LogP contribution in [0, 0.1) is 5.92 Å². The molecule has 0 radical (unpaired) electrons. The average molecular weight is 349 g/mol. The van der Waals surface area contributed by atoms with Crippen molar-refractivity contribution < 1.29 is 14.4 Å². The van der Waals surface area contributed by atoms with Gasteiger partial charge in [-0.1, -0.05) is 19.8 Å². The van der Waals surface area contributed by atoms with E-state index < -0.39 is 11.6 Å². The zero-order valence-corrected chi connectivity index (χ0v) is 14.9. The van der Waals surface area contributed by atoms with Gasteiger partial charge in [-0.25, -0.2) is 4.79 Å². The van der Waals surface area contributed by atoms with Crippen LogP contribution in [0.4, 0.5) is 4.79 Å². The van der Waals surface area contributed by atoms with Crippen LogP contribution in [0.3, 0.4) is 0 Å². The Kier molecular flexibility index (Phi) is 4.62. The van der Waals surface area contributed by atoms with Crippen LogP contribution < -0.4 is 5.32 Å². The van der Waals surface area contributed by atoms with E-state index >= 15 is 0 Å². The van der Waals surface area contributed by atoms with E-state index in [9.17, 15) is 14.4 Å². The van der Waals surface area contributed by atoms with Gasteiger partial charge < -0.3 is 10.2 Å². The molecule has 6 nitrogen and oxygen atoms in total. The van der Waals surface area contributed by atoms with Crippen LogP contribution in [0.1, 0.15) is 38.2 Å². The van der Waals surface area contributed by atoms with E-state index in [1.54, 1.807) is 23.3 Å². The molecule has 7 heteroatoms. The molecule has 0 aromatic carbocycles. The Morgan fingerprint density at radius 3 is 2.92 bits per heavy atom. The number of thiophene rings is 1. The minimum atomic E-state index is -0.804. The average Bonchev–Trinajstić information content (AvgIpc) is 3.13. The molecular weight excluding hydrogens is 326 g/mol. The van der Waals surface area contributed by atoms with E-state index in [1.165, 1.54) is 0 Å². The summed E-state index contributed by atoms with van der Waals surface area (Å²) in [7, 11) is 1.69. The van der Waals surface area contributed by atoms with E-state index in [0.717, 1.165) is 29.7 Å². The number of hydrogen-bond acceptors (Lipinski definition) is 4. The predicted octanol–water partition coefficient (Wildman–Crippen LogP) is 2.21. The summed E-state index contributed by atoms with van der Waals surface area (Å²) in [4.78, 5) is 40.2. The highest BCUT2D eigenvalue weighted by atomic mass is 32.1. The van der Waals surface area contributed by atoms with E-state index in [0.29, 0.717) is 13.0 Å². The predicted molar refractivity (Wildman–Crippen MR) is 91.4 cm³/mol. The molecule has 1 aromatic heterocycles. The maximum absolute atomic E-state index is 12.9. The molecule has 2 atom stereocenters. The molecule has 1 N–H and O–H groups in total. The van der Waals surface area contributed by atoms with Crippen molar-refractivity contribution in [1.29, 1.82) is 0 Å². The normalized spacial score (nSPS) is 26.8. The summed E-state index contributed by atoms with van der Waals surface area (Å²) in [5, 5.41) is 6.82. The smallest absolute Gasteiger partial charge is 0.325 e. The number of hydrogen-bond donors (Lipinski definition) is 1. The molecule has 4 amide bonds. The molecule has 1 aliphatic heterocycles. The van der Waals surface area contributed by atoms with Crippen molar-refractivity contribution >= 4 is 29.2 Å². The Morgan fingerprint density at radius 1 is 1.46 bits per heavy atom. The first-order chi connectivity index (χ1) is 11.4. The molecule has 1 aliphatic carbocycles. The Morgan fingerprint density at radius 2 is 2.25 bits per heavy atom. The Labute approximate surface area is 145 Å². The monoisotopic (exact) mass is 349 g/mol. The number of nitrogens with zero attached hydrogens (tertiary/aromatic N) is 2. The fraction of sp³-hybridized carbons (Fsp3) is 0.588. The van der Waals surface area contributed by atoms with Crippen LogP contribution in [0.15, 0.2) is 16.8 Å². The van der Waals surface area contributed by atoms with Crippen molar-refractivity contribution in [3.63, 3.8) is 0 Å². The van der Waals surface area contributed by atoms with Crippen LogP contribution in [0.2, 0.25) is 0 Å². The first-order valence-electron chi connectivity index (χ1n) is 8.33. The molecule has 2 heterocycles. The third-order valence-electron chi connectivity index (χ3n) is 5.22. The Hall–Kier alpha value is -1.89. The second kappa shape index (κ2) is 6.55. The molecule has 1 saturated heterocycles. The van der Waals surface area contributed by atoms with E-state index in [2.05, 4.69) is 5.32 Å². The minimum absolute atomic E-state index is 0.103. The second-order valence-corrected chi connectivity index (χ2v) is 7.60. The van der Waals surface area contributed by atoms with Gasteiger partial charge >= 0.3 is 6.03 Å². The van der Waals surface area contributed by atoms with Crippen molar-refractivity contribution in [1.82, 2.24) is 15.1 Å². The molecule has 1 saturated carbocycles. The number of amides is 4. The number of carbonyl (C=O) groups is 3. The number of carbonyl (C=O) groups excluding carboxylic acids is 3. The highest BCUT2D eigenvalue weighted by molar-refractivity contribution is 7.07. The van der Waals surface area contributed by atoms with E-state index in [1.807, 2.05) is 23.8 Å². The van der Waals surface area contributed by atoms with Crippen molar-refractivity contribution in [2.24, 2.45) is 5.92 Å². The first kappa shape index (κ1) is 17.0. The lowest BCUT2D eigenvalue weighted by Crippen LogP contribution is -2.54. The quantitative estimate of drug-likeness (QED) is 0.847. The summed E-state index contributed by atoms with van der Waals surface area (Å²) in [6.07, 6.45) is 3.59. The van der Waals surface area contributed by atoms with Gasteiger partial charge in [-0.05, 0) is 41.1 Å². The molecule has 130 valence electrons. The van der Waals surface area contributed by atoms with Crippen LogP contribution in [0.25, 0.3) is 0 Å². The van der Waals surface area contributed by atoms with Gasteiger partial charge in [-0.2, -0.15) is 11.3 Å². The molecule has 3 rings (SSSR count). The summed E-state index contributed by atoms with van der Waals surface area (Å²) in [6, 6.07) is 1.52. The molecular formula is C17H23N3O3S. The number of nitrogens with one attached hydrogen (secondary N) is 1. The Balaban J connectivity index is 1.67. The maximum Gasteiger partial charge on any atom is 0.325 e. The number of imide groups is 1. The molecule has 1 spiro atoms. The number of likely N-dealkylation sites (N-methyl/N-ethyl adjacent to an activating group) is 1. The van der Waals surface area contributed by atoms with Gasteiger partial charge in [0.15, 0.2) is 0 Å². The molecule has 24 heavy (non-hydrogen) atoms. The first-order valence-corrected chi connectivity index (χ1v) is 9.27. The summed E-state index contributed by atoms with van der Waals surface area (Å²) < 4.78 is 0. The fourth-order valence-electron chi connectivity index (χ4n) is 3.64. The zero-order chi connectivity index (χ0) is 17.3. The zero-order valence-electron chi connectivity index (χ0n) is 14.1. The lowest BCUT2D eigenvalue weighted by molar-refractivity contribution is -0.140. The van der Waals surface area contributed by atoms with Gasteiger partial charge in [-0.15, -0.1) is 0 Å². The number of urea groups is 1. The highest BCUT2D eigenvalue weighted by Gasteiger charge is 2.55. The number of rotatable bonds is 4. The van der Waals surface area contributed by atoms with Gasteiger partial charge in [0, 0.05) is 13.6 Å². The van der Waals surface area contributed by atoms with Crippen LogP contribution >= 0.6 is 11.3 Å². The third kappa shape index (κ3) is 2.92. The summed E-state index contributed by atoms with van der Waals surface area (Å²) in [5.41, 5.74) is 0.243.